The van der Waals surface area contributed by atoms with Crippen molar-refractivity contribution in [3.05, 3.63) is 108 Å². The number of fused-ring (bicyclic) bond motifs is 3. The van der Waals surface area contributed by atoms with Crippen molar-refractivity contribution >= 4 is 39.5 Å². The molecule has 1 saturated carbocycles. The zero-order chi connectivity index (χ0) is 40.8. The van der Waals surface area contributed by atoms with Gasteiger partial charge in [-0.05, 0) is 71.9 Å². The van der Waals surface area contributed by atoms with Crippen molar-refractivity contribution in [3.8, 4) is 22.4 Å². The fourth-order valence-electron chi connectivity index (χ4n) is 7.37. The van der Waals surface area contributed by atoms with Gasteiger partial charge in [0.05, 0.1) is 42.1 Å². The minimum Gasteiger partial charge on any atom is -0.380 e. The molecule has 3 atom stereocenters. The number of aromatic amines is 2. The normalized spacial score (nSPS) is 14.3. The Balaban J connectivity index is 1.08. The van der Waals surface area contributed by atoms with E-state index in [1.807, 2.05) is 54.4 Å². The molecule has 11 nitrogen and oxygen atoms in total. The molecule has 302 valence electrons. The largest absolute Gasteiger partial charge is 0.380 e. The fourth-order valence-corrected chi connectivity index (χ4v) is 7.37. The van der Waals surface area contributed by atoms with Crippen LogP contribution in [-0.2, 0) is 32.2 Å². The van der Waals surface area contributed by atoms with E-state index in [9.17, 15) is 14.4 Å². The first-order chi connectivity index (χ1) is 28.1. The van der Waals surface area contributed by atoms with E-state index in [-0.39, 0.29) is 36.3 Å². The summed E-state index contributed by atoms with van der Waals surface area (Å²) < 4.78 is 5.59. The zero-order valence-electron chi connectivity index (χ0n) is 34.3. The maximum Gasteiger partial charge on any atom is 0.250 e. The van der Waals surface area contributed by atoms with Gasteiger partial charge in [0.2, 0.25) is 17.7 Å². The van der Waals surface area contributed by atoms with Gasteiger partial charge in [0.15, 0.2) is 0 Å². The number of aromatic nitrogens is 4. The van der Waals surface area contributed by atoms with Gasteiger partial charge in [-0.25, -0.2) is 9.97 Å². The second-order valence-electron chi connectivity index (χ2n) is 15.8. The molecule has 2 aromatic heterocycles. The van der Waals surface area contributed by atoms with Crippen molar-refractivity contribution in [1.82, 2.24) is 35.1 Å². The Morgan fingerprint density at radius 3 is 2.29 bits per heavy atom. The molecule has 0 spiro atoms. The summed E-state index contributed by atoms with van der Waals surface area (Å²) in [6, 6.07) is 27.5. The molecule has 1 aliphatic carbocycles. The lowest BCUT2D eigenvalue weighted by Gasteiger charge is -2.29. The Hall–Kier alpha value is -5.81. The number of hydrogen-bond acceptors (Lipinski definition) is 6. The van der Waals surface area contributed by atoms with Crippen LogP contribution in [0.5, 0.6) is 0 Å². The van der Waals surface area contributed by atoms with Crippen molar-refractivity contribution in [3.63, 3.8) is 0 Å². The van der Waals surface area contributed by atoms with Crippen LogP contribution in [0, 0.1) is 11.8 Å². The lowest BCUT2D eigenvalue weighted by atomic mass is 9.99. The quantitative estimate of drug-likeness (QED) is 0.0800. The third-order valence-electron chi connectivity index (χ3n) is 11.2. The summed E-state index contributed by atoms with van der Waals surface area (Å²) in [7, 11) is 1.63. The maximum atomic E-state index is 14.3. The van der Waals surface area contributed by atoms with Crippen molar-refractivity contribution in [2.45, 2.75) is 85.0 Å². The van der Waals surface area contributed by atoms with E-state index in [1.165, 1.54) is 0 Å². The van der Waals surface area contributed by atoms with Gasteiger partial charge in [0, 0.05) is 37.9 Å². The molecule has 6 aromatic rings. The number of amides is 3. The number of nitrogens with one attached hydrogen (secondary N) is 3. The number of nitrogens with zero attached hydrogens (tertiary/aromatic N) is 4. The molecule has 3 N–H and O–H groups in total. The van der Waals surface area contributed by atoms with Crippen LogP contribution in [0.4, 0.5) is 0 Å². The Kier molecular flexibility index (Phi) is 12.7. The number of hydrogen-bond donors (Lipinski definition) is 3. The Labute approximate surface area is 340 Å². The van der Waals surface area contributed by atoms with E-state index in [4.69, 9.17) is 9.72 Å². The number of H-pyrrole nitrogens is 2. The number of methoxy groups -OCH3 is 1. The predicted octanol–water partition coefficient (Wildman–Crippen LogP) is 8.58. The summed E-state index contributed by atoms with van der Waals surface area (Å²) >= 11 is 0. The number of ether oxygens (including phenoxy) is 1. The Morgan fingerprint density at radius 2 is 1.59 bits per heavy atom. The molecular formula is C47H55N7O4. The lowest BCUT2D eigenvalue weighted by molar-refractivity contribution is -0.139. The highest BCUT2D eigenvalue weighted by Crippen LogP contribution is 2.32. The van der Waals surface area contributed by atoms with Crippen LogP contribution in [0.15, 0.2) is 91.1 Å². The summed E-state index contributed by atoms with van der Waals surface area (Å²) in [5.74, 6) is 1.65. The third-order valence-corrected chi connectivity index (χ3v) is 11.2. The van der Waals surface area contributed by atoms with Crippen LogP contribution < -0.4 is 5.32 Å². The summed E-state index contributed by atoms with van der Waals surface area (Å²) in [5.41, 5.74) is 6.56. The topological polar surface area (TPSA) is 136 Å². The summed E-state index contributed by atoms with van der Waals surface area (Å²) in [4.78, 5) is 60.4. The van der Waals surface area contributed by atoms with E-state index < -0.39 is 6.04 Å². The van der Waals surface area contributed by atoms with Crippen LogP contribution >= 0.6 is 0 Å². The molecule has 0 radical (unpaired) electrons. The van der Waals surface area contributed by atoms with Crippen molar-refractivity contribution in [2.24, 2.45) is 11.8 Å². The molecule has 2 heterocycles. The van der Waals surface area contributed by atoms with Gasteiger partial charge < -0.3 is 29.8 Å². The second kappa shape index (κ2) is 18.2. The molecule has 3 amide bonds. The van der Waals surface area contributed by atoms with Crippen molar-refractivity contribution < 1.29 is 19.1 Å². The second-order valence-corrected chi connectivity index (χ2v) is 15.8. The number of carbonyl (C=O) groups is 3. The van der Waals surface area contributed by atoms with Gasteiger partial charge in [-0.15, -0.1) is 0 Å². The molecule has 1 unspecified atom stereocenters. The molecule has 11 heteroatoms. The minimum atomic E-state index is -0.814. The number of benzene rings is 4. The summed E-state index contributed by atoms with van der Waals surface area (Å²) in [5, 5.41) is 5.10. The minimum absolute atomic E-state index is 0.0320. The molecule has 1 aliphatic rings. The van der Waals surface area contributed by atoms with Gasteiger partial charge in [0.1, 0.15) is 17.7 Å². The molecular weight excluding hydrogens is 727 g/mol. The molecule has 0 saturated heterocycles. The van der Waals surface area contributed by atoms with E-state index in [0.29, 0.717) is 37.8 Å². The van der Waals surface area contributed by atoms with Crippen LogP contribution in [0.1, 0.15) is 83.1 Å². The first-order valence-corrected chi connectivity index (χ1v) is 20.6. The summed E-state index contributed by atoms with van der Waals surface area (Å²) in [6.07, 6.45) is 5.76. The monoisotopic (exact) mass is 781 g/mol. The molecule has 58 heavy (non-hydrogen) atoms. The number of carbonyl (C=O) groups excluding carboxylic acids is 3. The molecule has 1 fully saturated rings. The van der Waals surface area contributed by atoms with Gasteiger partial charge in [-0.3, -0.25) is 14.4 Å². The highest BCUT2D eigenvalue weighted by Gasteiger charge is 2.35. The van der Waals surface area contributed by atoms with Crippen molar-refractivity contribution in [1.29, 1.82) is 0 Å². The van der Waals surface area contributed by atoms with Gasteiger partial charge in [0.25, 0.3) is 0 Å². The van der Waals surface area contributed by atoms with Gasteiger partial charge in [-0.2, -0.15) is 0 Å². The Bertz CT molecular complexity index is 2350. The Morgan fingerprint density at radius 1 is 0.862 bits per heavy atom. The predicted molar refractivity (Wildman–Crippen MR) is 228 cm³/mol. The average Bonchev–Trinajstić information content (AvgIpc) is 3.86. The van der Waals surface area contributed by atoms with E-state index in [0.717, 1.165) is 81.3 Å². The van der Waals surface area contributed by atoms with Gasteiger partial charge >= 0.3 is 0 Å². The van der Waals surface area contributed by atoms with Gasteiger partial charge in [-0.1, -0.05) is 100.0 Å². The smallest absolute Gasteiger partial charge is 0.250 e. The molecule has 0 bridgehead atoms. The first kappa shape index (κ1) is 40.4. The fraction of sp³-hybridized carbons (Fsp3) is 0.383. The highest BCUT2D eigenvalue weighted by molar-refractivity contribution is 6.05. The SMILES string of the molecule is CCCN(Cc1ncc(-c2ccc(-c3ccc4c(ccc5[nH]c(CN(CC(C)OC)C(=O)[C@H](NC(=O)C6CC6)c6ccccc6)nc54)c3)cc2)[nH]1)C(=O)C[C@@H](C)CC. The van der Waals surface area contributed by atoms with Crippen LogP contribution in [0.3, 0.4) is 0 Å². The average molecular weight is 782 g/mol. The van der Waals surface area contributed by atoms with E-state index >= 15 is 0 Å². The van der Waals surface area contributed by atoms with E-state index in [1.54, 1.807) is 12.0 Å². The lowest BCUT2D eigenvalue weighted by Crippen LogP contribution is -2.45. The van der Waals surface area contributed by atoms with Crippen molar-refractivity contribution in [2.75, 3.05) is 20.2 Å². The molecule has 4 aromatic carbocycles. The van der Waals surface area contributed by atoms with Crippen LogP contribution in [0.2, 0.25) is 0 Å². The zero-order valence-corrected chi connectivity index (χ0v) is 34.3. The highest BCUT2D eigenvalue weighted by atomic mass is 16.5. The maximum absolute atomic E-state index is 14.3. The number of imidazole rings is 2. The standard InChI is InChI=1S/C47H55N7O4/c1-6-23-53(43(55)24-30(3)7-2)28-41-48-26-40(50-41)33-15-13-32(14-16-33)36-19-21-38-37(25-36)20-22-39-45(38)51-42(49-39)29-54(27-31(4)58-5)47(57)44(34-11-9-8-10-12-34)52-46(56)35-17-18-35/h8-16,19-22,25-26,30-31,35,44H,6-7,17-18,23-24,27-29H2,1-5H3,(H,48,50)(H,49,51)(H,52,56)/t30-,31?,44+/m0/s1. The number of rotatable bonds is 18. The third kappa shape index (κ3) is 9.48. The van der Waals surface area contributed by atoms with Crippen LogP contribution in [0.25, 0.3) is 44.2 Å². The van der Waals surface area contributed by atoms with E-state index in [2.05, 4.69) is 89.6 Å². The molecule has 0 aliphatic heterocycles. The molecule has 7 rings (SSSR count). The van der Waals surface area contributed by atoms with Crippen LogP contribution in [-0.4, -0.2) is 73.8 Å². The summed E-state index contributed by atoms with van der Waals surface area (Å²) in [6.45, 7) is 10.00. The first-order valence-electron chi connectivity index (χ1n) is 20.6.